The van der Waals surface area contributed by atoms with E-state index in [2.05, 4.69) is 30.0 Å². The van der Waals surface area contributed by atoms with Gasteiger partial charge < -0.3 is 4.90 Å². The second kappa shape index (κ2) is 10.4. The summed E-state index contributed by atoms with van der Waals surface area (Å²) >= 11 is 0.832. The van der Waals surface area contributed by atoms with Crippen LogP contribution in [0.2, 0.25) is 0 Å². The van der Waals surface area contributed by atoms with Gasteiger partial charge in [0.15, 0.2) is 0 Å². The van der Waals surface area contributed by atoms with E-state index < -0.39 is 27.2 Å². The van der Waals surface area contributed by atoms with Gasteiger partial charge >= 0.3 is 21.5 Å². The smallest absolute Gasteiger partial charge is 0.372 e. The number of hydroxylamine groups is 3. The van der Waals surface area contributed by atoms with E-state index in [1.54, 1.807) is 21.1 Å². The molecule has 11 nitrogen and oxygen atoms in total. The minimum absolute atomic E-state index is 0.0354. The first kappa shape index (κ1) is 28.0. The van der Waals surface area contributed by atoms with Gasteiger partial charge in [-0.15, -0.1) is 14.8 Å². The summed E-state index contributed by atoms with van der Waals surface area (Å²) in [5.74, 6) is -0.762. The van der Waals surface area contributed by atoms with Crippen LogP contribution < -0.4 is 5.43 Å². The van der Waals surface area contributed by atoms with Crippen molar-refractivity contribution in [2.75, 3.05) is 33.1 Å². The van der Waals surface area contributed by atoms with E-state index in [1.807, 2.05) is 13.8 Å². The maximum atomic E-state index is 13.1. The van der Waals surface area contributed by atoms with Crippen LogP contribution in [0.25, 0.3) is 0 Å². The predicted octanol–water partition coefficient (Wildman–Crippen LogP) is 3.17. The first-order chi connectivity index (χ1) is 16.6. The number of quaternary nitrogens is 1. The Hall–Kier alpha value is -2.59. The summed E-state index contributed by atoms with van der Waals surface area (Å²) in [4.78, 5) is 19.4. The van der Waals surface area contributed by atoms with Gasteiger partial charge in [-0.1, -0.05) is 18.3 Å². The molecule has 0 bridgehead atoms. The Morgan fingerprint density at radius 2 is 1.97 bits per heavy atom. The minimum Gasteiger partial charge on any atom is -0.372 e. The summed E-state index contributed by atoms with van der Waals surface area (Å²) in [5.41, 5.74) is -2.58. The monoisotopic (exact) mass is 552 g/mol. The Bertz CT molecular complexity index is 1190. The van der Waals surface area contributed by atoms with Gasteiger partial charge in [0.05, 0.1) is 5.71 Å². The zero-order chi connectivity index (χ0) is 26.9. The number of nitrogens with one attached hydrogen (secondary N) is 1. The van der Waals surface area contributed by atoms with E-state index in [-0.39, 0.29) is 38.9 Å². The number of rotatable bonds is 7. The number of alkyl halides is 3. The second-order valence-corrected chi connectivity index (χ2v) is 11.7. The number of carbonyl (C=O) groups excluding carboxylic acids is 1. The van der Waals surface area contributed by atoms with Crippen molar-refractivity contribution in [2.24, 2.45) is 15.4 Å². The summed E-state index contributed by atoms with van der Waals surface area (Å²) in [5, 5.41) is 11.7. The molecule has 0 spiro atoms. The molecule has 0 aromatic carbocycles. The van der Waals surface area contributed by atoms with E-state index in [0.29, 0.717) is 6.54 Å². The van der Waals surface area contributed by atoms with Crippen molar-refractivity contribution < 1.29 is 35.9 Å². The Morgan fingerprint density at radius 1 is 1.28 bits per heavy atom. The number of aromatic nitrogens is 2. The average Bonchev–Trinajstić information content (AvgIpc) is 3.24. The molecule has 0 radical (unpaired) electrons. The van der Waals surface area contributed by atoms with Gasteiger partial charge in [0.25, 0.3) is 0 Å². The predicted molar refractivity (Wildman–Crippen MR) is 129 cm³/mol. The number of hydrogen-bond donors (Lipinski definition) is 1. The number of carbonyl (C=O) groups is 1. The molecule has 1 aliphatic carbocycles. The van der Waals surface area contributed by atoms with Crippen LogP contribution >= 0.6 is 11.3 Å². The second-order valence-electron chi connectivity index (χ2n) is 9.14. The third kappa shape index (κ3) is 6.39. The molecule has 0 saturated carbocycles. The van der Waals surface area contributed by atoms with Gasteiger partial charge in [-0.3, -0.25) is 10.3 Å². The van der Waals surface area contributed by atoms with Gasteiger partial charge in [-0.25, -0.2) is 4.79 Å². The van der Waals surface area contributed by atoms with Crippen molar-refractivity contribution in [1.82, 2.24) is 15.1 Å². The maximum absolute atomic E-state index is 13.1. The highest BCUT2D eigenvalue weighted by atomic mass is 32.2. The third-order valence-corrected chi connectivity index (χ3v) is 7.45. The molecule has 2 unspecified atom stereocenters. The molecule has 2 heterocycles. The molecular formula is C20H29F3N7O4S2+. The van der Waals surface area contributed by atoms with Crippen LogP contribution in [0.5, 0.6) is 0 Å². The molecule has 1 fully saturated rings. The number of nitrogens with zero attached hydrogens (tertiary/aromatic N) is 6. The van der Waals surface area contributed by atoms with Crippen LogP contribution in [-0.4, -0.2) is 84.8 Å². The SMILES string of the molecule is CCC1CCC2CC(=NNc3nnc(C(=O)O[N+](C)(C)C)s3)C(=NS(=O)(=O)C(F)(F)F)C=C2N1CC. The topological polar surface area (TPSA) is 126 Å². The molecule has 1 aromatic heterocycles. The van der Waals surface area contributed by atoms with Crippen molar-refractivity contribution in [1.29, 1.82) is 0 Å². The molecule has 1 saturated heterocycles. The van der Waals surface area contributed by atoms with Crippen molar-refractivity contribution in [2.45, 2.75) is 51.1 Å². The molecule has 1 N–H and O–H groups in total. The average molecular weight is 553 g/mol. The highest BCUT2D eigenvalue weighted by Crippen LogP contribution is 2.38. The van der Waals surface area contributed by atoms with Crippen molar-refractivity contribution in [3.63, 3.8) is 0 Å². The molecule has 200 valence electrons. The van der Waals surface area contributed by atoms with Crippen LogP contribution in [0.3, 0.4) is 0 Å². The van der Waals surface area contributed by atoms with Crippen LogP contribution in [0.4, 0.5) is 18.3 Å². The number of allylic oxidation sites excluding steroid dienone is 2. The summed E-state index contributed by atoms with van der Waals surface area (Å²) < 4.78 is 66.1. The lowest BCUT2D eigenvalue weighted by atomic mass is 9.80. The van der Waals surface area contributed by atoms with Gasteiger partial charge in [0.2, 0.25) is 10.1 Å². The molecule has 1 aliphatic heterocycles. The fraction of sp³-hybridized carbons (Fsp3) is 0.650. The van der Waals surface area contributed by atoms with E-state index in [0.717, 1.165) is 36.3 Å². The zero-order valence-electron chi connectivity index (χ0n) is 20.5. The molecular weight excluding hydrogens is 523 g/mol. The lowest BCUT2D eigenvalue weighted by Gasteiger charge is -2.44. The lowest BCUT2D eigenvalue weighted by Crippen LogP contribution is -2.44. The molecule has 3 rings (SSSR count). The molecule has 0 amide bonds. The van der Waals surface area contributed by atoms with Gasteiger partial charge in [0, 0.05) is 30.6 Å². The quantitative estimate of drug-likeness (QED) is 0.404. The highest BCUT2D eigenvalue weighted by molar-refractivity contribution is 7.91. The van der Waals surface area contributed by atoms with Crippen LogP contribution in [0.15, 0.2) is 21.3 Å². The Morgan fingerprint density at radius 3 is 2.56 bits per heavy atom. The van der Waals surface area contributed by atoms with E-state index in [1.165, 1.54) is 6.08 Å². The molecule has 16 heteroatoms. The number of fused-ring (bicyclic) bond motifs is 1. The number of hydrogen-bond acceptors (Lipinski definition) is 10. The van der Waals surface area contributed by atoms with E-state index in [4.69, 9.17) is 4.84 Å². The fourth-order valence-electron chi connectivity index (χ4n) is 4.09. The molecule has 2 atom stereocenters. The normalized spacial score (nSPS) is 23.4. The Balaban J connectivity index is 1.96. The van der Waals surface area contributed by atoms with Gasteiger partial charge in [-0.05, 0) is 32.3 Å². The van der Waals surface area contributed by atoms with Gasteiger partial charge in [-0.2, -0.15) is 31.1 Å². The highest BCUT2D eigenvalue weighted by Gasteiger charge is 2.47. The summed E-state index contributed by atoms with van der Waals surface area (Å²) in [7, 11) is -0.879. The van der Waals surface area contributed by atoms with Crippen LogP contribution in [0, 0.1) is 5.92 Å². The van der Waals surface area contributed by atoms with E-state index in [9.17, 15) is 26.4 Å². The third-order valence-electron chi connectivity index (χ3n) is 5.62. The van der Waals surface area contributed by atoms with Crippen molar-refractivity contribution in [3.05, 3.63) is 16.8 Å². The molecule has 2 aliphatic rings. The van der Waals surface area contributed by atoms with Crippen molar-refractivity contribution in [3.8, 4) is 0 Å². The number of anilines is 1. The first-order valence-electron chi connectivity index (χ1n) is 11.3. The first-order valence-corrected chi connectivity index (χ1v) is 13.5. The number of hydrazone groups is 1. The van der Waals surface area contributed by atoms with Crippen LogP contribution in [0.1, 0.15) is 49.3 Å². The number of halogens is 3. The summed E-state index contributed by atoms with van der Waals surface area (Å²) in [6.45, 7) is 4.60. The number of piperidine rings is 1. The number of likely N-dealkylation sites (tertiary alicyclic amines) is 1. The van der Waals surface area contributed by atoms with Crippen LogP contribution in [-0.2, 0) is 14.9 Å². The summed E-state index contributed by atoms with van der Waals surface area (Å²) in [6.07, 6.45) is 4.10. The Labute approximate surface area is 211 Å². The number of sulfonamides is 1. The fourth-order valence-corrected chi connectivity index (χ4v) is 5.17. The minimum atomic E-state index is -5.79. The largest absolute Gasteiger partial charge is 0.518 e. The van der Waals surface area contributed by atoms with Crippen molar-refractivity contribution >= 4 is 43.9 Å². The summed E-state index contributed by atoms with van der Waals surface area (Å²) in [6, 6.07) is 0.209. The van der Waals surface area contributed by atoms with E-state index >= 15 is 0 Å². The molecule has 36 heavy (non-hydrogen) atoms. The van der Waals surface area contributed by atoms with Gasteiger partial charge in [0.1, 0.15) is 26.9 Å². The zero-order valence-corrected chi connectivity index (χ0v) is 22.2. The maximum Gasteiger partial charge on any atom is 0.518 e. The standard InChI is InChI=1S/C20H28F3N7O4S2/c1-6-13-9-8-12-10-14(24-26-19-27-25-17(35-19)18(31)34-30(3,4)5)15(11-16(12)29(13)7-2)28-36(32,33)20(21,22)23/h11-13H,6-10H2,1-5H3/p+1. The lowest BCUT2D eigenvalue weighted by molar-refractivity contribution is -1.04. The molecule has 1 aromatic rings. The Kier molecular flexibility index (Phi) is 8.10.